The van der Waals surface area contributed by atoms with Gasteiger partial charge in [0.05, 0.1) is 11.5 Å². The molecule has 5 heteroatoms. The van der Waals surface area contributed by atoms with E-state index in [9.17, 15) is 13.2 Å². The van der Waals surface area contributed by atoms with Crippen molar-refractivity contribution in [2.75, 3.05) is 6.61 Å². The molecule has 0 unspecified atom stereocenters. The number of aryl methyl sites for hydroxylation is 1. The van der Waals surface area contributed by atoms with Gasteiger partial charge in [-0.2, -0.15) is 4.39 Å². The quantitative estimate of drug-likeness (QED) is 0.785. The zero-order valence-electron chi connectivity index (χ0n) is 10.6. The second-order valence-electron chi connectivity index (χ2n) is 3.92. The number of thiophene rings is 1. The van der Waals surface area contributed by atoms with Gasteiger partial charge in [0.2, 0.25) is 5.82 Å². The first kappa shape index (κ1) is 13.9. The average Bonchev–Trinajstić information content (AvgIpc) is 2.77. The minimum atomic E-state index is -1.08. The minimum absolute atomic E-state index is 0.0665. The van der Waals surface area contributed by atoms with Gasteiger partial charge in [-0.25, -0.2) is 8.78 Å². The highest BCUT2D eigenvalue weighted by Gasteiger charge is 2.19. The summed E-state index contributed by atoms with van der Waals surface area (Å²) in [6, 6.07) is 4.02. The maximum atomic E-state index is 13.9. The van der Waals surface area contributed by atoms with Crippen LogP contribution in [0.15, 0.2) is 18.2 Å². The fourth-order valence-electron chi connectivity index (χ4n) is 1.75. The number of hydrogen-bond donors (Lipinski definition) is 0. The zero-order chi connectivity index (χ0) is 14.0. The van der Waals surface area contributed by atoms with Crippen molar-refractivity contribution in [3.63, 3.8) is 0 Å². The van der Waals surface area contributed by atoms with Crippen molar-refractivity contribution < 1.29 is 17.9 Å². The summed E-state index contributed by atoms with van der Waals surface area (Å²) in [6.07, 6.45) is 0.655. The summed E-state index contributed by atoms with van der Waals surface area (Å²) in [5.74, 6) is -2.83. The first-order chi connectivity index (χ1) is 9.08. The van der Waals surface area contributed by atoms with Gasteiger partial charge in [-0.15, -0.1) is 11.3 Å². The van der Waals surface area contributed by atoms with E-state index in [2.05, 4.69) is 0 Å². The molecule has 0 amide bonds. The van der Waals surface area contributed by atoms with E-state index in [4.69, 9.17) is 4.74 Å². The lowest BCUT2D eigenvalue weighted by atomic mass is 10.1. The monoisotopic (exact) mass is 286 g/mol. The van der Waals surface area contributed by atoms with Crippen LogP contribution in [0.5, 0.6) is 5.75 Å². The van der Waals surface area contributed by atoms with Gasteiger partial charge in [0, 0.05) is 10.4 Å². The van der Waals surface area contributed by atoms with E-state index in [0.29, 0.717) is 6.42 Å². The van der Waals surface area contributed by atoms with E-state index >= 15 is 0 Å². The SMILES string of the molecule is CCOc1ccc(-c2sc(CC)cc2F)c(F)c1F. The molecular weight excluding hydrogens is 273 g/mol. The fraction of sp³-hybridized carbons (Fsp3) is 0.286. The van der Waals surface area contributed by atoms with Gasteiger partial charge in [-0.3, -0.25) is 0 Å². The third-order valence-electron chi connectivity index (χ3n) is 2.68. The van der Waals surface area contributed by atoms with E-state index < -0.39 is 17.5 Å². The summed E-state index contributed by atoms with van der Waals surface area (Å²) in [5, 5.41) is 0. The summed E-state index contributed by atoms with van der Waals surface area (Å²) in [5.41, 5.74) is -0.0665. The summed E-state index contributed by atoms with van der Waals surface area (Å²) >= 11 is 1.13. The molecule has 1 heterocycles. The largest absolute Gasteiger partial charge is 0.491 e. The molecule has 0 atom stereocenters. The molecule has 102 valence electrons. The Labute approximate surface area is 113 Å². The molecule has 0 aliphatic carbocycles. The van der Waals surface area contributed by atoms with Crippen LogP contribution in [0, 0.1) is 17.5 Å². The Bertz CT molecular complexity index is 593. The first-order valence-corrected chi connectivity index (χ1v) is 6.79. The Morgan fingerprint density at radius 1 is 1.11 bits per heavy atom. The molecule has 1 nitrogen and oxygen atoms in total. The number of rotatable bonds is 4. The van der Waals surface area contributed by atoms with E-state index in [1.807, 2.05) is 6.92 Å². The van der Waals surface area contributed by atoms with Crippen molar-refractivity contribution in [3.05, 3.63) is 40.5 Å². The van der Waals surface area contributed by atoms with Gasteiger partial charge in [0.15, 0.2) is 11.6 Å². The molecule has 0 N–H and O–H groups in total. The van der Waals surface area contributed by atoms with Crippen LogP contribution in [0.25, 0.3) is 10.4 Å². The summed E-state index contributed by atoms with van der Waals surface area (Å²) in [6.45, 7) is 3.80. The van der Waals surface area contributed by atoms with Crippen LogP contribution < -0.4 is 4.74 Å². The average molecular weight is 286 g/mol. The van der Waals surface area contributed by atoms with Crippen molar-refractivity contribution in [1.82, 2.24) is 0 Å². The van der Waals surface area contributed by atoms with Crippen LogP contribution in [-0.4, -0.2) is 6.61 Å². The van der Waals surface area contributed by atoms with Gasteiger partial charge in [0.1, 0.15) is 5.82 Å². The maximum absolute atomic E-state index is 13.9. The van der Waals surface area contributed by atoms with E-state index in [-0.39, 0.29) is 22.8 Å². The molecule has 0 bridgehead atoms. The third kappa shape index (κ3) is 2.61. The lowest BCUT2D eigenvalue weighted by Gasteiger charge is -2.08. The van der Waals surface area contributed by atoms with E-state index in [0.717, 1.165) is 16.2 Å². The highest BCUT2D eigenvalue weighted by molar-refractivity contribution is 7.15. The summed E-state index contributed by atoms with van der Waals surface area (Å²) < 4.78 is 46.4. The molecule has 0 saturated heterocycles. The molecule has 1 aromatic heterocycles. The van der Waals surface area contributed by atoms with Crippen molar-refractivity contribution in [2.45, 2.75) is 20.3 Å². The first-order valence-electron chi connectivity index (χ1n) is 5.97. The normalized spacial score (nSPS) is 10.8. The molecule has 2 rings (SSSR count). The van der Waals surface area contributed by atoms with Crippen molar-refractivity contribution in [2.24, 2.45) is 0 Å². The zero-order valence-corrected chi connectivity index (χ0v) is 11.4. The molecule has 2 aromatic rings. The summed E-state index contributed by atoms with van der Waals surface area (Å²) in [7, 11) is 0. The van der Waals surface area contributed by atoms with Crippen LogP contribution in [0.1, 0.15) is 18.7 Å². The molecule has 19 heavy (non-hydrogen) atoms. The third-order valence-corrected chi connectivity index (χ3v) is 3.97. The minimum Gasteiger partial charge on any atom is -0.491 e. The van der Waals surface area contributed by atoms with Crippen molar-refractivity contribution in [3.8, 4) is 16.2 Å². The predicted octanol–water partition coefficient (Wildman–Crippen LogP) is 4.79. The smallest absolute Gasteiger partial charge is 0.201 e. The lowest BCUT2D eigenvalue weighted by Crippen LogP contribution is -1.98. The van der Waals surface area contributed by atoms with Crippen LogP contribution in [-0.2, 0) is 6.42 Å². The van der Waals surface area contributed by atoms with Gasteiger partial charge in [0.25, 0.3) is 0 Å². The number of halogens is 3. The predicted molar refractivity (Wildman–Crippen MR) is 70.2 cm³/mol. The molecule has 0 fully saturated rings. The highest BCUT2D eigenvalue weighted by Crippen LogP contribution is 2.36. The Kier molecular flexibility index (Phi) is 4.14. The van der Waals surface area contributed by atoms with Crippen LogP contribution >= 0.6 is 11.3 Å². The molecular formula is C14H13F3OS. The van der Waals surface area contributed by atoms with Gasteiger partial charge in [-0.1, -0.05) is 6.92 Å². The molecule has 0 aliphatic heterocycles. The molecule has 1 aromatic carbocycles. The number of hydrogen-bond acceptors (Lipinski definition) is 2. The topological polar surface area (TPSA) is 9.23 Å². The standard InChI is InChI=1S/C14H13F3OS/c1-3-8-7-10(15)14(19-8)9-5-6-11(18-4-2)13(17)12(9)16/h5-7H,3-4H2,1-2H3. The van der Waals surface area contributed by atoms with Gasteiger partial charge < -0.3 is 4.74 Å². The van der Waals surface area contributed by atoms with Crippen molar-refractivity contribution >= 4 is 11.3 Å². The van der Waals surface area contributed by atoms with Crippen molar-refractivity contribution in [1.29, 1.82) is 0 Å². The van der Waals surface area contributed by atoms with Crippen LogP contribution in [0.2, 0.25) is 0 Å². The Hall–Kier alpha value is -1.49. The van der Waals surface area contributed by atoms with Gasteiger partial charge >= 0.3 is 0 Å². The Morgan fingerprint density at radius 3 is 2.42 bits per heavy atom. The van der Waals surface area contributed by atoms with Crippen LogP contribution in [0.4, 0.5) is 13.2 Å². The number of benzene rings is 1. The molecule has 0 saturated carbocycles. The fourth-order valence-corrected chi connectivity index (χ4v) is 2.74. The second-order valence-corrected chi connectivity index (χ2v) is 5.05. The summed E-state index contributed by atoms with van der Waals surface area (Å²) in [4.78, 5) is 0.914. The van der Waals surface area contributed by atoms with Crippen LogP contribution in [0.3, 0.4) is 0 Å². The van der Waals surface area contributed by atoms with Gasteiger partial charge in [-0.05, 0) is 31.5 Å². The molecule has 0 radical (unpaired) electrons. The lowest BCUT2D eigenvalue weighted by molar-refractivity contribution is 0.314. The Morgan fingerprint density at radius 2 is 1.84 bits per heavy atom. The number of ether oxygens (including phenoxy) is 1. The van der Waals surface area contributed by atoms with E-state index in [1.165, 1.54) is 18.2 Å². The molecule has 0 spiro atoms. The molecule has 0 aliphatic rings. The van der Waals surface area contributed by atoms with E-state index in [1.54, 1.807) is 6.92 Å². The second kappa shape index (κ2) is 5.65. The Balaban J connectivity index is 2.51. The highest BCUT2D eigenvalue weighted by atomic mass is 32.1. The maximum Gasteiger partial charge on any atom is 0.201 e.